The molecule has 0 spiro atoms. The van der Waals surface area contributed by atoms with E-state index in [1.165, 1.54) is 33.1 Å². The lowest BCUT2D eigenvalue weighted by molar-refractivity contribution is -0.646. The Hall–Kier alpha value is -2.14. The number of hydrogen-bond acceptors (Lipinski definition) is 0. The van der Waals surface area contributed by atoms with Crippen LogP contribution in [-0.2, 0) is 7.05 Å². The minimum absolute atomic E-state index is 0. The number of aromatic nitrogens is 2. The lowest BCUT2D eigenvalue weighted by Gasteiger charge is -1.99. The minimum Gasteiger partial charge on any atom is -1.00 e. The van der Waals surface area contributed by atoms with Crippen LogP contribution in [0.15, 0.2) is 66.9 Å². The van der Waals surface area contributed by atoms with Gasteiger partial charge in [-0.3, -0.25) is 0 Å². The van der Waals surface area contributed by atoms with Crippen LogP contribution in [0.1, 0.15) is 11.3 Å². The highest BCUT2D eigenvalue weighted by Gasteiger charge is 2.08. The van der Waals surface area contributed by atoms with Crippen LogP contribution in [0.3, 0.4) is 0 Å². The highest BCUT2D eigenvalue weighted by molar-refractivity contribution is 5.91. The smallest absolute Gasteiger partial charge is 0.212 e. The van der Waals surface area contributed by atoms with Gasteiger partial charge in [0.05, 0.1) is 0 Å². The molecular weight excluding hydrogens is 395 g/mol. The molecule has 0 saturated heterocycles. The zero-order chi connectivity index (χ0) is 14.9. The number of fused-ring (bicyclic) bond motifs is 2. The molecule has 2 heterocycles. The molecule has 114 valence electrons. The van der Waals surface area contributed by atoms with Gasteiger partial charge in [-0.25, -0.2) is 0 Å². The number of nitrogens with zero attached hydrogens (tertiary/aromatic N) is 1. The molecule has 4 rings (SSSR count). The first-order chi connectivity index (χ1) is 10.8. The Bertz CT molecular complexity index is 999. The van der Waals surface area contributed by atoms with Crippen molar-refractivity contribution in [2.45, 2.75) is 0 Å². The van der Waals surface area contributed by atoms with Crippen molar-refractivity contribution in [1.82, 2.24) is 4.98 Å². The fourth-order valence-electron chi connectivity index (χ4n) is 2.93. The molecular formula is C20H17IN2. The Balaban J connectivity index is 0.00000156. The van der Waals surface area contributed by atoms with Gasteiger partial charge in [-0.15, -0.1) is 0 Å². The Morgan fingerprint density at radius 2 is 1.65 bits per heavy atom. The van der Waals surface area contributed by atoms with Gasteiger partial charge >= 0.3 is 0 Å². The first-order valence-corrected chi connectivity index (χ1v) is 7.45. The first kappa shape index (κ1) is 15.7. The van der Waals surface area contributed by atoms with Crippen LogP contribution in [0, 0.1) is 0 Å². The van der Waals surface area contributed by atoms with Crippen molar-refractivity contribution in [3.05, 3.63) is 78.1 Å². The zero-order valence-electron chi connectivity index (χ0n) is 12.8. The summed E-state index contributed by atoms with van der Waals surface area (Å²) >= 11 is 0. The number of benzene rings is 2. The van der Waals surface area contributed by atoms with Gasteiger partial charge < -0.3 is 29.0 Å². The fourth-order valence-corrected chi connectivity index (χ4v) is 2.93. The quantitative estimate of drug-likeness (QED) is 0.379. The third-order valence-corrected chi connectivity index (χ3v) is 4.17. The maximum Gasteiger partial charge on any atom is 0.212 e. The number of rotatable bonds is 2. The summed E-state index contributed by atoms with van der Waals surface area (Å²) in [5, 5.41) is 2.51. The van der Waals surface area contributed by atoms with Crippen molar-refractivity contribution in [2.24, 2.45) is 7.05 Å². The lowest BCUT2D eigenvalue weighted by atomic mass is 10.1. The normalized spacial score (nSPS) is 11.2. The molecule has 0 aliphatic heterocycles. The van der Waals surface area contributed by atoms with E-state index in [2.05, 4.69) is 95.6 Å². The van der Waals surface area contributed by atoms with Crippen LogP contribution in [0.2, 0.25) is 0 Å². The van der Waals surface area contributed by atoms with E-state index in [9.17, 15) is 0 Å². The molecule has 2 aromatic carbocycles. The molecule has 4 aromatic rings. The van der Waals surface area contributed by atoms with Crippen LogP contribution in [0.4, 0.5) is 0 Å². The predicted octanol–water partition coefficient (Wildman–Crippen LogP) is 1.32. The number of para-hydroxylation sites is 2. The largest absolute Gasteiger partial charge is 1.00 e. The van der Waals surface area contributed by atoms with Crippen LogP contribution in [-0.4, -0.2) is 4.98 Å². The summed E-state index contributed by atoms with van der Waals surface area (Å²) in [6.07, 6.45) is 6.40. The Morgan fingerprint density at radius 1 is 0.870 bits per heavy atom. The molecule has 0 aliphatic rings. The molecule has 0 bridgehead atoms. The fraction of sp³-hybridized carbons (Fsp3) is 0.0500. The van der Waals surface area contributed by atoms with Gasteiger partial charge in [0.2, 0.25) is 11.2 Å². The van der Waals surface area contributed by atoms with Gasteiger partial charge in [0.25, 0.3) is 0 Å². The third kappa shape index (κ3) is 2.88. The zero-order valence-corrected chi connectivity index (χ0v) is 15.0. The number of aromatic amines is 1. The van der Waals surface area contributed by atoms with Crippen molar-refractivity contribution < 1.29 is 28.5 Å². The molecule has 0 saturated carbocycles. The second-order valence-corrected chi connectivity index (χ2v) is 5.50. The van der Waals surface area contributed by atoms with Crippen molar-refractivity contribution in [2.75, 3.05) is 0 Å². The summed E-state index contributed by atoms with van der Waals surface area (Å²) in [4.78, 5) is 3.31. The number of aryl methyl sites for hydroxylation is 1. The van der Waals surface area contributed by atoms with Crippen LogP contribution in [0.5, 0.6) is 0 Å². The van der Waals surface area contributed by atoms with Crippen molar-refractivity contribution >= 4 is 34.0 Å². The Kier molecular flexibility index (Phi) is 4.48. The van der Waals surface area contributed by atoms with E-state index in [0.29, 0.717) is 0 Å². The Morgan fingerprint density at radius 3 is 2.57 bits per heavy atom. The van der Waals surface area contributed by atoms with Crippen LogP contribution < -0.4 is 28.5 Å². The summed E-state index contributed by atoms with van der Waals surface area (Å²) in [6, 6.07) is 21.1. The van der Waals surface area contributed by atoms with Gasteiger partial charge in [0, 0.05) is 40.7 Å². The summed E-state index contributed by atoms with van der Waals surface area (Å²) in [5.41, 5.74) is 4.81. The van der Waals surface area contributed by atoms with Crippen molar-refractivity contribution in [1.29, 1.82) is 0 Å². The minimum atomic E-state index is 0. The monoisotopic (exact) mass is 412 g/mol. The maximum atomic E-state index is 3.31. The molecule has 2 nitrogen and oxygen atoms in total. The molecule has 0 aliphatic carbocycles. The molecule has 0 unspecified atom stereocenters. The van der Waals surface area contributed by atoms with Gasteiger partial charge in [-0.2, -0.15) is 4.57 Å². The van der Waals surface area contributed by atoms with Crippen molar-refractivity contribution in [3.8, 4) is 0 Å². The third-order valence-electron chi connectivity index (χ3n) is 4.17. The summed E-state index contributed by atoms with van der Waals surface area (Å²) < 4.78 is 2.22. The maximum absolute atomic E-state index is 3.31. The second kappa shape index (κ2) is 6.54. The summed E-state index contributed by atoms with van der Waals surface area (Å²) in [7, 11) is 2.11. The first-order valence-electron chi connectivity index (χ1n) is 7.45. The van der Waals surface area contributed by atoms with Crippen LogP contribution >= 0.6 is 0 Å². The average Bonchev–Trinajstić information content (AvgIpc) is 2.98. The molecule has 1 N–H and O–H groups in total. The van der Waals surface area contributed by atoms with E-state index < -0.39 is 0 Å². The number of H-pyrrole nitrogens is 1. The Labute approximate surface area is 152 Å². The van der Waals surface area contributed by atoms with Gasteiger partial charge in [0.1, 0.15) is 7.05 Å². The highest BCUT2D eigenvalue weighted by atomic mass is 127. The SMILES string of the molecule is C[n+]1c(C=Cc2c[nH]c3ccccc23)ccc2ccccc21.[I-]. The second-order valence-electron chi connectivity index (χ2n) is 5.50. The predicted molar refractivity (Wildman–Crippen MR) is 92.4 cm³/mol. The highest BCUT2D eigenvalue weighted by Crippen LogP contribution is 2.20. The molecule has 2 aromatic heterocycles. The van der Waals surface area contributed by atoms with E-state index in [1.54, 1.807) is 0 Å². The molecule has 0 fully saturated rings. The van der Waals surface area contributed by atoms with E-state index >= 15 is 0 Å². The molecule has 0 radical (unpaired) electrons. The molecule has 23 heavy (non-hydrogen) atoms. The van der Waals surface area contributed by atoms with Crippen molar-refractivity contribution in [3.63, 3.8) is 0 Å². The topological polar surface area (TPSA) is 19.7 Å². The lowest BCUT2D eigenvalue weighted by Crippen LogP contribution is -3.00. The van der Waals surface area contributed by atoms with E-state index in [-0.39, 0.29) is 24.0 Å². The standard InChI is InChI=1S/C20H16N2.HI/c1-22-17(12-10-15-6-2-5-9-20(15)22)13-11-16-14-21-19-8-4-3-7-18(16)19;/h2-14H,1H3;1H. The van der Waals surface area contributed by atoms with Gasteiger partial charge in [-0.05, 0) is 29.8 Å². The van der Waals surface area contributed by atoms with Gasteiger partial charge in [-0.1, -0.05) is 30.3 Å². The number of nitrogens with one attached hydrogen (secondary N) is 1. The number of halogens is 1. The summed E-state index contributed by atoms with van der Waals surface area (Å²) in [5.74, 6) is 0. The van der Waals surface area contributed by atoms with Crippen LogP contribution in [0.25, 0.3) is 34.0 Å². The molecule has 0 atom stereocenters. The van der Waals surface area contributed by atoms with E-state index in [4.69, 9.17) is 0 Å². The number of hydrogen-bond donors (Lipinski definition) is 1. The molecule has 3 heteroatoms. The summed E-state index contributed by atoms with van der Waals surface area (Å²) in [6.45, 7) is 0. The molecule has 0 amide bonds. The van der Waals surface area contributed by atoms with E-state index in [0.717, 1.165) is 0 Å². The van der Waals surface area contributed by atoms with E-state index in [1.807, 2.05) is 0 Å². The number of pyridine rings is 1. The average molecular weight is 412 g/mol. The van der Waals surface area contributed by atoms with Gasteiger partial charge in [0.15, 0.2) is 0 Å².